The number of benzene rings is 2. The Kier molecular flexibility index (Phi) is 5.86. The minimum absolute atomic E-state index is 0.273. The van der Waals surface area contributed by atoms with Gasteiger partial charge in [0.15, 0.2) is 0 Å². The van der Waals surface area contributed by atoms with Gasteiger partial charge in [0, 0.05) is 22.7 Å². The molecule has 11 heteroatoms. The van der Waals surface area contributed by atoms with Gasteiger partial charge in [-0.15, -0.1) is 0 Å². The molecule has 2 rings (SSSR count). The number of nitro benzene ring substituents is 2. The highest BCUT2D eigenvalue weighted by molar-refractivity contribution is 6.37. The van der Waals surface area contributed by atoms with E-state index in [4.69, 9.17) is 23.2 Å². The first kappa shape index (κ1) is 19.3. The summed E-state index contributed by atoms with van der Waals surface area (Å²) in [5.41, 5.74) is 1.62. The molecule has 0 aliphatic carbocycles. The summed E-state index contributed by atoms with van der Waals surface area (Å²) in [6.07, 6.45) is 0. The number of rotatable bonds is 5. The monoisotopic (exact) mass is 396 g/mol. The van der Waals surface area contributed by atoms with Gasteiger partial charge in [0.1, 0.15) is 0 Å². The van der Waals surface area contributed by atoms with Gasteiger partial charge < -0.3 is 0 Å². The number of halogens is 2. The molecule has 0 heterocycles. The Balaban J connectivity index is 2.29. The number of nitrogens with one attached hydrogen (secondary N) is 1. The minimum atomic E-state index is -0.846. The predicted molar refractivity (Wildman–Crippen MR) is 95.9 cm³/mol. The Labute approximate surface area is 156 Å². The van der Waals surface area contributed by atoms with Gasteiger partial charge in [0.25, 0.3) is 17.3 Å². The molecular weight excluding hydrogens is 387 g/mol. The number of non-ortho nitro benzene ring substituents is 2. The SMILES string of the molecule is C/C(=N\NC(=O)c1cc([N+](=O)[O-])cc([N+](=O)[O-])c1)c1ccc(Cl)cc1Cl. The Hall–Kier alpha value is -3.04. The quantitative estimate of drug-likeness (QED) is 0.464. The van der Waals surface area contributed by atoms with E-state index in [-0.39, 0.29) is 5.56 Å². The van der Waals surface area contributed by atoms with Gasteiger partial charge in [-0.2, -0.15) is 5.10 Å². The van der Waals surface area contributed by atoms with E-state index in [1.807, 2.05) is 0 Å². The molecule has 134 valence electrons. The largest absolute Gasteiger partial charge is 0.277 e. The number of carbonyl (C=O) groups is 1. The molecule has 1 amide bonds. The molecule has 26 heavy (non-hydrogen) atoms. The minimum Gasteiger partial charge on any atom is -0.267 e. The van der Waals surface area contributed by atoms with E-state index < -0.39 is 27.1 Å². The third-order valence-corrected chi connectivity index (χ3v) is 3.78. The molecule has 0 aromatic heterocycles. The van der Waals surface area contributed by atoms with Crippen molar-refractivity contribution < 1.29 is 14.6 Å². The van der Waals surface area contributed by atoms with Crippen molar-refractivity contribution in [1.29, 1.82) is 0 Å². The Morgan fingerprint density at radius 2 is 1.62 bits per heavy atom. The fourth-order valence-corrected chi connectivity index (χ4v) is 2.52. The molecule has 0 atom stereocenters. The van der Waals surface area contributed by atoms with Crippen LogP contribution in [-0.4, -0.2) is 21.5 Å². The first-order valence-corrected chi connectivity index (χ1v) is 7.68. The fourth-order valence-electron chi connectivity index (χ4n) is 1.98. The molecular formula is C15H10Cl2N4O5. The van der Waals surface area contributed by atoms with Crippen LogP contribution in [0.1, 0.15) is 22.8 Å². The van der Waals surface area contributed by atoms with Gasteiger partial charge in [0.05, 0.1) is 32.2 Å². The normalized spacial score (nSPS) is 11.1. The van der Waals surface area contributed by atoms with E-state index in [1.165, 1.54) is 6.07 Å². The van der Waals surface area contributed by atoms with Crippen molar-refractivity contribution >= 4 is 46.2 Å². The van der Waals surface area contributed by atoms with Crippen LogP contribution in [0.4, 0.5) is 11.4 Å². The third kappa shape index (κ3) is 4.52. The van der Waals surface area contributed by atoms with Crippen molar-refractivity contribution in [3.05, 3.63) is 77.8 Å². The summed E-state index contributed by atoms with van der Waals surface area (Å²) in [6, 6.07) is 7.30. The first-order chi connectivity index (χ1) is 12.2. The summed E-state index contributed by atoms with van der Waals surface area (Å²) in [5.74, 6) is -0.846. The van der Waals surface area contributed by atoms with Crippen LogP contribution in [0.2, 0.25) is 10.0 Å². The molecule has 0 aliphatic rings. The molecule has 0 fully saturated rings. The summed E-state index contributed by atoms with van der Waals surface area (Å²) in [6.45, 7) is 1.57. The van der Waals surface area contributed by atoms with Crippen molar-refractivity contribution in [2.45, 2.75) is 6.92 Å². The van der Waals surface area contributed by atoms with Gasteiger partial charge in [-0.3, -0.25) is 25.0 Å². The highest BCUT2D eigenvalue weighted by atomic mass is 35.5. The number of amides is 1. The first-order valence-electron chi connectivity index (χ1n) is 6.93. The maximum atomic E-state index is 12.2. The van der Waals surface area contributed by atoms with E-state index in [1.54, 1.807) is 19.1 Å². The van der Waals surface area contributed by atoms with Crippen LogP contribution >= 0.6 is 23.2 Å². The second-order valence-corrected chi connectivity index (χ2v) is 5.86. The molecule has 2 aromatic rings. The predicted octanol–water partition coefficient (Wildman–Crippen LogP) is 3.96. The van der Waals surface area contributed by atoms with E-state index >= 15 is 0 Å². The summed E-state index contributed by atoms with van der Waals surface area (Å²) < 4.78 is 0. The second-order valence-electron chi connectivity index (χ2n) is 5.01. The average molecular weight is 397 g/mol. The van der Waals surface area contributed by atoms with Crippen molar-refractivity contribution in [3.8, 4) is 0 Å². The van der Waals surface area contributed by atoms with E-state index in [0.29, 0.717) is 21.3 Å². The zero-order valence-electron chi connectivity index (χ0n) is 13.1. The van der Waals surface area contributed by atoms with Crippen LogP contribution in [0.15, 0.2) is 41.5 Å². The maximum absolute atomic E-state index is 12.2. The van der Waals surface area contributed by atoms with Gasteiger partial charge >= 0.3 is 0 Å². The number of nitro groups is 2. The highest BCUT2D eigenvalue weighted by Gasteiger charge is 2.19. The molecule has 9 nitrogen and oxygen atoms in total. The number of hydrogen-bond acceptors (Lipinski definition) is 6. The number of carbonyl (C=O) groups excluding carboxylic acids is 1. The lowest BCUT2D eigenvalue weighted by Gasteiger charge is -2.05. The smallest absolute Gasteiger partial charge is 0.267 e. The third-order valence-electron chi connectivity index (χ3n) is 3.23. The number of hydrogen-bond donors (Lipinski definition) is 1. The lowest BCUT2D eigenvalue weighted by molar-refractivity contribution is -0.394. The van der Waals surface area contributed by atoms with Crippen molar-refractivity contribution in [1.82, 2.24) is 5.43 Å². The van der Waals surface area contributed by atoms with Gasteiger partial charge in [-0.1, -0.05) is 29.3 Å². The van der Waals surface area contributed by atoms with Crippen molar-refractivity contribution in [3.63, 3.8) is 0 Å². The molecule has 1 N–H and O–H groups in total. The molecule has 0 saturated heterocycles. The molecule has 0 spiro atoms. The van der Waals surface area contributed by atoms with Crippen LogP contribution in [0.25, 0.3) is 0 Å². The summed E-state index contributed by atoms with van der Waals surface area (Å²) in [4.78, 5) is 32.2. The lowest BCUT2D eigenvalue weighted by atomic mass is 10.1. The molecule has 0 radical (unpaired) electrons. The van der Waals surface area contributed by atoms with Gasteiger partial charge in [0.2, 0.25) is 0 Å². The summed E-state index contributed by atoms with van der Waals surface area (Å²) in [7, 11) is 0. The molecule has 0 bridgehead atoms. The van der Waals surface area contributed by atoms with E-state index in [9.17, 15) is 25.0 Å². The molecule has 2 aromatic carbocycles. The van der Waals surface area contributed by atoms with Crippen LogP contribution in [0, 0.1) is 20.2 Å². The van der Waals surface area contributed by atoms with Crippen LogP contribution in [-0.2, 0) is 0 Å². The molecule has 0 saturated carbocycles. The van der Waals surface area contributed by atoms with E-state index in [2.05, 4.69) is 10.5 Å². The number of hydrazone groups is 1. The van der Waals surface area contributed by atoms with Crippen molar-refractivity contribution in [2.24, 2.45) is 5.10 Å². The lowest BCUT2D eigenvalue weighted by Crippen LogP contribution is -2.19. The molecule has 0 aliphatic heterocycles. The fraction of sp³-hybridized carbons (Fsp3) is 0.0667. The average Bonchev–Trinajstić information content (AvgIpc) is 2.58. The van der Waals surface area contributed by atoms with Gasteiger partial charge in [-0.05, 0) is 19.1 Å². The van der Waals surface area contributed by atoms with Crippen LogP contribution in [0.5, 0.6) is 0 Å². The topological polar surface area (TPSA) is 128 Å². The summed E-state index contributed by atoms with van der Waals surface area (Å²) >= 11 is 11.8. The molecule has 0 unspecified atom stereocenters. The zero-order chi connectivity index (χ0) is 19.4. The Morgan fingerprint density at radius 3 is 2.12 bits per heavy atom. The van der Waals surface area contributed by atoms with Crippen molar-refractivity contribution in [2.75, 3.05) is 0 Å². The second kappa shape index (κ2) is 7.89. The van der Waals surface area contributed by atoms with E-state index in [0.717, 1.165) is 18.2 Å². The summed E-state index contributed by atoms with van der Waals surface area (Å²) in [5, 5.41) is 26.3. The maximum Gasteiger partial charge on any atom is 0.277 e. The highest BCUT2D eigenvalue weighted by Crippen LogP contribution is 2.23. The standard InChI is InChI=1S/C15H10Cl2N4O5/c1-8(13-3-2-10(16)6-14(13)17)18-19-15(22)9-4-11(20(23)24)7-12(5-9)21(25)26/h2-7H,1H3,(H,19,22)/b18-8+. The Bertz CT molecular complexity index is 913. The number of nitrogens with zero attached hydrogens (tertiary/aromatic N) is 3. The van der Waals surface area contributed by atoms with Crippen LogP contribution in [0.3, 0.4) is 0 Å². The van der Waals surface area contributed by atoms with Gasteiger partial charge in [-0.25, -0.2) is 5.43 Å². The van der Waals surface area contributed by atoms with Crippen LogP contribution < -0.4 is 5.43 Å². The Morgan fingerprint density at radius 1 is 1.04 bits per heavy atom. The zero-order valence-corrected chi connectivity index (χ0v) is 14.6.